The molecule has 32 heavy (non-hydrogen) atoms. The number of benzene rings is 2. The third kappa shape index (κ3) is 6.12. The van der Waals surface area contributed by atoms with E-state index in [1.807, 2.05) is 18.2 Å². The minimum atomic E-state index is -0.360. The summed E-state index contributed by atoms with van der Waals surface area (Å²) in [6.07, 6.45) is 7.57. The number of hydrogen-bond acceptors (Lipinski definition) is 4. The van der Waals surface area contributed by atoms with Crippen LogP contribution in [0.1, 0.15) is 63.0 Å². The molecule has 1 heterocycles. The maximum absolute atomic E-state index is 10.4. The molecule has 1 saturated heterocycles. The fourth-order valence-corrected chi connectivity index (χ4v) is 4.94. The number of unbranched alkanes of at least 4 members (excludes halogenated alkanes) is 2. The molecule has 0 aliphatic carbocycles. The molecular formula is C28H35N3O. The first-order valence-corrected chi connectivity index (χ1v) is 12.0. The molecule has 1 aliphatic heterocycles. The van der Waals surface area contributed by atoms with E-state index in [-0.39, 0.29) is 5.41 Å². The first kappa shape index (κ1) is 23.8. The van der Waals surface area contributed by atoms with Gasteiger partial charge >= 0.3 is 0 Å². The molecule has 0 radical (unpaired) electrons. The molecule has 1 atom stereocenters. The van der Waals surface area contributed by atoms with Crippen LogP contribution in [-0.4, -0.2) is 31.1 Å². The Kier molecular flexibility index (Phi) is 9.14. The molecule has 0 N–H and O–H groups in total. The van der Waals surface area contributed by atoms with Gasteiger partial charge < -0.3 is 9.64 Å². The second-order valence-corrected chi connectivity index (χ2v) is 8.86. The molecule has 0 spiro atoms. The maximum Gasteiger partial charge on any atom is 0.119 e. The van der Waals surface area contributed by atoms with E-state index in [0.717, 1.165) is 57.5 Å². The summed E-state index contributed by atoms with van der Waals surface area (Å²) in [5.41, 5.74) is 1.49. The topological polar surface area (TPSA) is 60.1 Å². The fraction of sp³-hybridized carbons (Fsp3) is 0.500. The summed E-state index contributed by atoms with van der Waals surface area (Å²) >= 11 is 0. The Labute approximate surface area is 193 Å². The molecule has 2 aromatic carbocycles. The predicted molar refractivity (Wildman–Crippen MR) is 128 cm³/mol. The Morgan fingerprint density at radius 3 is 2.31 bits per heavy atom. The third-order valence-electron chi connectivity index (χ3n) is 6.82. The van der Waals surface area contributed by atoms with E-state index in [4.69, 9.17) is 10.00 Å². The van der Waals surface area contributed by atoms with Crippen molar-refractivity contribution in [2.45, 2.75) is 57.3 Å². The summed E-state index contributed by atoms with van der Waals surface area (Å²) in [6.45, 7) is 6.01. The van der Waals surface area contributed by atoms with Gasteiger partial charge in [0.25, 0.3) is 0 Å². The molecule has 1 unspecified atom stereocenters. The van der Waals surface area contributed by atoms with Crippen LogP contribution in [0.4, 0.5) is 0 Å². The zero-order valence-electron chi connectivity index (χ0n) is 19.3. The van der Waals surface area contributed by atoms with Gasteiger partial charge in [0, 0.05) is 6.54 Å². The second kappa shape index (κ2) is 12.3. The van der Waals surface area contributed by atoms with Gasteiger partial charge in [-0.05, 0) is 74.5 Å². The van der Waals surface area contributed by atoms with Crippen LogP contribution in [0, 0.1) is 28.6 Å². The minimum Gasteiger partial charge on any atom is -0.494 e. The number of ether oxygens (including phenoxy) is 1. The Morgan fingerprint density at radius 1 is 0.969 bits per heavy atom. The van der Waals surface area contributed by atoms with E-state index in [9.17, 15) is 5.26 Å². The van der Waals surface area contributed by atoms with Gasteiger partial charge in [-0.1, -0.05) is 56.5 Å². The molecule has 1 aliphatic rings. The number of rotatable bonds is 11. The van der Waals surface area contributed by atoms with E-state index in [1.165, 1.54) is 18.4 Å². The van der Waals surface area contributed by atoms with Crippen molar-refractivity contribution in [3.05, 3.63) is 65.7 Å². The predicted octanol–water partition coefficient (Wildman–Crippen LogP) is 6.08. The highest BCUT2D eigenvalue weighted by Gasteiger charge is 2.41. The van der Waals surface area contributed by atoms with Gasteiger partial charge in [0.2, 0.25) is 0 Å². The van der Waals surface area contributed by atoms with Crippen molar-refractivity contribution in [2.75, 3.05) is 26.2 Å². The number of hydrogen-bond donors (Lipinski definition) is 0. The van der Waals surface area contributed by atoms with Gasteiger partial charge in [-0.3, -0.25) is 0 Å². The molecule has 0 amide bonds. The molecule has 2 aromatic rings. The molecule has 0 saturated carbocycles. The van der Waals surface area contributed by atoms with Crippen molar-refractivity contribution in [3.8, 4) is 17.9 Å². The van der Waals surface area contributed by atoms with Gasteiger partial charge in [0.05, 0.1) is 29.7 Å². The standard InChI is InChI=1S/C28H35N3O/c1-2-3-7-17-28(23-30,25-9-5-4-6-10-25)26-15-19-31(20-16-26)18-8-21-32-27-13-11-24(22-29)12-14-27/h4-6,9-14,26H,2-3,7-8,15-21H2,1H3. The van der Waals surface area contributed by atoms with Crippen LogP contribution in [0.5, 0.6) is 5.75 Å². The molecule has 4 nitrogen and oxygen atoms in total. The van der Waals surface area contributed by atoms with Crippen LogP contribution >= 0.6 is 0 Å². The third-order valence-corrected chi connectivity index (χ3v) is 6.82. The lowest BCUT2D eigenvalue weighted by molar-refractivity contribution is 0.135. The highest BCUT2D eigenvalue weighted by molar-refractivity contribution is 5.35. The van der Waals surface area contributed by atoms with Gasteiger partial charge in [0.15, 0.2) is 0 Å². The summed E-state index contributed by atoms with van der Waals surface area (Å²) in [5.74, 6) is 1.23. The van der Waals surface area contributed by atoms with Crippen molar-refractivity contribution in [1.29, 1.82) is 10.5 Å². The first-order valence-electron chi connectivity index (χ1n) is 12.0. The summed E-state index contributed by atoms with van der Waals surface area (Å²) in [7, 11) is 0. The molecule has 1 fully saturated rings. The van der Waals surface area contributed by atoms with E-state index in [0.29, 0.717) is 18.1 Å². The van der Waals surface area contributed by atoms with Crippen LogP contribution in [0.15, 0.2) is 54.6 Å². The molecule has 0 aromatic heterocycles. The van der Waals surface area contributed by atoms with Crippen LogP contribution in [0.2, 0.25) is 0 Å². The van der Waals surface area contributed by atoms with Crippen molar-refractivity contribution in [3.63, 3.8) is 0 Å². The lowest BCUT2D eigenvalue weighted by Crippen LogP contribution is -2.43. The smallest absolute Gasteiger partial charge is 0.119 e. The van der Waals surface area contributed by atoms with Crippen LogP contribution < -0.4 is 4.74 Å². The van der Waals surface area contributed by atoms with E-state index >= 15 is 0 Å². The normalized spacial score (nSPS) is 16.6. The van der Waals surface area contributed by atoms with Gasteiger partial charge in [0.1, 0.15) is 5.75 Å². The van der Waals surface area contributed by atoms with Crippen molar-refractivity contribution in [2.24, 2.45) is 5.92 Å². The average molecular weight is 430 g/mol. The highest BCUT2D eigenvalue weighted by atomic mass is 16.5. The highest BCUT2D eigenvalue weighted by Crippen LogP contribution is 2.42. The summed E-state index contributed by atoms with van der Waals surface area (Å²) in [6, 6.07) is 22.7. The average Bonchev–Trinajstić information content (AvgIpc) is 2.86. The zero-order valence-corrected chi connectivity index (χ0v) is 19.3. The van der Waals surface area contributed by atoms with E-state index in [1.54, 1.807) is 12.1 Å². The largest absolute Gasteiger partial charge is 0.494 e. The SMILES string of the molecule is CCCCCC(C#N)(c1ccccc1)C1CCN(CCCOc2ccc(C#N)cc2)CC1. The van der Waals surface area contributed by atoms with Gasteiger partial charge in [-0.25, -0.2) is 0 Å². The van der Waals surface area contributed by atoms with Crippen LogP contribution in [0.3, 0.4) is 0 Å². The quantitative estimate of drug-likeness (QED) is 0.406. The van der Waals surface area contributed by atoms with E-state index in [2.05, 4.69) is 48.2 Å². The summed E-state index contributed by atoms with van der Waals surface area (Å²) < 4.78 is 5.82. The second-order valence-electron chi connectivity index (χ2n) is 8.86. The van der Waals surface area contributed by atoms with Crippen molar-refractivity contribution >= 4 is 0 Å². The van der Waals surface area contributed by atoms with Crippen LogP contribution in [-0.2, 0) is 5.41 Å². The Balaban J connectivity index is 1.50. The Morgan fingerprint density at radius 2 is 1.69 bits per heavy atom. The number of nitriles is 2. The zero-order chi connectivity index (χ0) is 22.7. The van der Waals surface area contributed by atoms with E-state index < -0.39 is 0 Å². The van der Waals surface area contributed by atoms with Gasteiger partial charge in [-0.2, -0.15) is 10.5 Å². The molecule has 4 heteroatoms. The van der Waals surface area contributed by atoms with Crippen molar-refractivity contribution < 1.29 is 4.74 Å². The Hall–Kier alpha value is -2.82. The van der Waals surface area contributed by atoms with Gasteiger partial charge in [-0.15, -0.1) is 0 Å². The van der Waals surface area contributed by atoms with Crippen LogP contribution in [0.25, 0.3) is 0 Å². The monoisotopic (exact) mass is 429 g/mol. The lowest BCUT2D eigenvalue weighted by Gasteiger charge is -2.41. The molecule has 168 valence electrons. The minimum absolute atomic E-state index is 0.360. The molecular weight excluding hydrogens is 394 g/mol. The maximum atomic E-state index is 10.4. The lowest BCUT2D eigenvalue weighted by atomic mass is 9.65. The number of piperidine rings is 1. The number of likely N-dealkylation sites (tertiary alicyclic amines) is 1. The number of nitrogens with zero attached hydrogens (tertiary/aromatic N) is 3. The summed E-state index contributed by atoms with van der Waals surface area (Å²) in [5, 5.41) is 19.2. The summed E-state index contributed by atoms with van der Waals surface area (Å²) in [4.78, 5) is 2.51. The Bertz CT molecular complexity index is 889. The molecule has 3 rings (SSSR count). The van der Waals surface area contributed by atoms with Crippen molar-refractivity contribution in [1.82, 2.24) is 4.90 Å². The molecule has 0 bridgehead atoms. The first-order chi connectivity index (χ1) is 15.7. The fourth-order valence-electron chi connectivity index (χ4n) is 4.94.